The van der Waals surface area contributed by atoms with Gasteiger partial charge in [-0.05, 0) is 50.6 Å². The zero-order valence-electron chi connectivity index (χ0n) is 11.1. The first-order valence-corrected chi connectivity index (χ1v) is 7.64. The molecule has 2 aliphatic carbocycles. The van der Waals surface area contributed by atoms with Crippen LogP contribution in [-0.4, -0.2) is 34.2 Å². The van der Waals surface area contributed by atoms with E-state index < -0.39 is 0 Å². The van der Waals surface area contributed by atoms with Gasteiger partial charge in [0.15, 0.2) is 0 Å². The molecule has 0 radical (unpaired) electrons. The molecule has 1 unspecified atom stereocenters. The lowest BCUT2D eigenvalue weighted by atomic mass is 9.77. The van der Waals surface area contributed by atoms with Crippen LogP contribution in [0.1, 0.15) is 56.2 Å². The van der Waals surface area contributed by atoms with E-state index in [4.69, 9.17) is 0 Å². The summed E-state index contributed by atoms with van der Waals surface area (Å²) in [4.78, 5) is 2.80. The second kappa shape index (κ2) is 4.09. The van der Waals surface area contributed by atoms with Crippen molar-refractivity contribution in [3.63, 3.8) is 0 Å². The fraction of sp³-hybridized carbons (Fsp3) is 0.800. The summed E-state index contributed by atoms with van der Waals surface area (Å²) in [6.45, 7) is 2.61. The lowest BCUT2D eigenvalue weighted by Gasteiger charge is -2.43. The minimum atomic E-state index is 0.423. The predicted octanol–water partition coefficient (Wildman–Crippen LogP) is 2.63. The maximum atomic E-state index is 4.27. The highest BCUT2D eigenvalue weighted by atomic mass is 15.2. The molecule has 1 saturated heterocycles. The monoisotopic (exact) mass is 245 g/mol. The summed E-state index contributed by atoms with van der Waals surface area (Å²) < 4.78 is 0. The minimum Gasteiger partial charge on any atom is -0.299 e. The number of fused-ring (bicyclic) bond motifs is 2. The Balaban J connectivity index is 1.59. The van der Waals surface area contributed by atoms with Gasteiger partial charge >= 0.3 is 0 Å². The predicted molar refractivity (Wildman–Crippen MR) is 71.6 cm³/mol. The Morgan fingerprint density at radius 2 is 2.11 bits per heavy atom. The van der Waals surface area contributed by atoms with Gasteiger partial charge in [0, 0.05) is 23.7 Å². The van der Waals surface area contributed by atoms with E-state index in [1.165, 1.54) is 75.7 Å². The molecule has 18 heavy (non-hydrogen) atoms. The van der Waals surface area contributed by atoms with E-state index in [0.29, 0.717) is 5.41 Å². The summed E-state index contributed by atoms with van der Waals surface area (Å²) in [7, 11) is 0. The highest BCUT2D eigenvalue weighted by Crippen LogP contribution is 2.45. The zero-order chi connectivity index (χ0) is 12.0. The van der Waals surface area contributed by atoms with Crippen molar-refractivity contribution < 1.29 is 0 Å². The van der Waals surface area contributed by atoms with Crippen molar-refractivity contribution in [3.05, 3.63) is 17.5 Å². The average molecular weight is 245 g/mol. The van der Waals surface area contributed by atoms with Gasteiger partial charge < -0.3 is 0 Å². The first-order chi connectivity index (χ1) is 8.87. The molecule has 0 aromatic carbocycles. The summed E-state index contributed by atoms with van der Waals surface area (Å²) in [5, 5.41) is 7.59. The number of nitrogens with zero attached hydrogens (tertiary/aromatic N) is 2. The molecule has 0 amide bonds. The molecule has 1 N–H and O–H groups in total. The molecule has 0 bridgehead atoms. The van der Waals surface area contributed by atoms with Gasteiger partial charge in [0.1, 0.15) is 0 Å². The van der Waals surface area contributed by atoms with Gasteiger partial charge in [0.05, 0.1) is 6.20 Å². The lowest BCUT2D eigenvalue weighted by Crippen LogP contribution is -2.48. The Kier molecular flexibility index (Phi) is 2.51. The second-order valence-electron chi connectivity index (χ2n) is 6.56. The Bertz CT molecular complexity index is 433. The van der Waals surface area contributed by atoms with E-state index in [1.54, 1.807) is 0 Å². The van der Waals surface area contributed by atoms with Crippen LogP contribution in [0.3, 0.4) is 0 Å². The maximum Gasteiger partial charge on any atom is 0.0522 e. The van der Waals surface area contributed by atoms with Gasteiger partial charge in [-0.25, -0.2) is 0 Å². The normalized spacial score (nSPS) is 33.3. The largest absolute Gasteiger partial charge is 0.299 e. The van der Waals surface area contributed by atoms with Gasteiger partial charge in [-0.15, -0.1) is 0 Å². The molecule has 3 aliphatic rings. The third-order valence-corrected chi connectivity index (χ3v) is 5.57. The highest BCUT2D eigenvalue weighted by molar-refractivity contribution is 5.33. The number of aromatic amines is 1. The minimum absolute atomic E-state index is 0.423. The lowest BCUT2D eigenvalue weighted by molar-refractivity contribution is 0.101. The number of hydrogen-bond donors (Lipinski definition) is 1. The first kappa shape index (κ1) is 11.0. The van der Waals surface area contributed by atoms with Crippen LogP contribution in [0.25, 0.3) is 0 Å². The summed E-state index contributed by atoms with van der Waals surface area (Å²) in [6.07, 6.45) is 13.1. The van der Waals surface area contributed by atoms with Crippen LogP contribution in [-0.2, 0) is 11.8 Å². The molecule has 3 heteroatoms. The Hall–Kier alpha value is -0.830. The van der Waals surface area contributed by atoms with E-state index in [9.17, 15) is 0 Å². The van der Waals surface area contributed by atoms with Crippen molar-refractivity contribution in [1.82, 2.24) is 15.1 Å². The number of aryl methyl sites for hydroxylation is 1. The van der Waals surface area contributed by atoms with Crippen molar-refractivity contribution in [2.45, 2.75) is 62.8 Å². The number of likely N-dealkylation sites (tertiary alicyclic amines) is 1. The van der Waals surface area contributed by atoms with Crippen molar-refractivity contribution in [2.24, 2.45) is 0 Å². The summed E-state index contributed by atoms with van der Waals surface area (Å²) in [5.41, 5.74) is 3.39. The Labute approximate surface area is 109 Å². The van der Waals surface area contributed by atoms with Gasteiger partial charge in [0.2, 0.25) is 0 Å². The van der Waals surface area contributed by atoms with E-state index in [0.717, 1.165) is 6.04 Å². The van der Waals surface area contributed by atoms with E-state index in [1.807, 2.05) is 0 Å². The number of piperidine rings is 1. The SMILES string of the molecule is c1n[nH]c2c1CCC21CCCN(C2CCCC2)C1. The zero-order valence-corrected chi connectivity index (χ0v) is 11.1. The van der Waals surface area contributed by atoms with Crippen LogP contribution in [0.2, 0.25) is 0 Å². The smallest absolute Gasteiger partial charge is 0.0522 e. The number of rotatable bonds is 1. The molecule has 98 valence electrons. The number of hydrogen-bond acceptors (Lipinski definition) is 2. The second-order valence-corrected chi connectivity index (χ2v) is 6.56. The van der Waals surface area contributed by atoms with Crippen LogP contribution in [0.4, 0.5) is 0 Å². The third kappa shape index (κ3) is 1.56. The Morgan fingerprint density at radius 3 is 3.00 bits per heavy atom. The third-order valence-electron chi connectivity index (χ3n) is 5.57. The quantitative estimate of drug-likeness (QED) is 0.825. The molecule has 1 spiro atoms. The molecule has 1 saturated carbocycles. The van der Waals surface area contributed by atoms with Crippen molar-refractivity contribution >= 4 is 0 Å². The molecule has 1 aromatic rings. The fourth-order valence-corrected chi connectivity index (χ4v) is 4.62. The van der Waals surface area contributed by atoms with Gasteiger partial charge in [-0.2, -0.15) is 5.10 Å². The summed E-state index contributed by atoms with van der Waals surface area (Å²) in [5.74, 6) is 0. The number of nitrogens with one attached hydrogen (secondary N) is 1. The van der Waals surface area contributed by atoms with Crippen molar-refractivity contribution in [2.75, 3.05) is 13.1 Å². The average Bonchev–Trinajstić information content (AvgIpc) is 3.10. The van der Waals surface area contributed by atoms with Crippen LogP contribution in [0, 0.1) is 0 Å². The first-order valence-electron chi connectivity index (χ1n) is 7.64. The topological polar surface area (TPSA) is 31.9 Å². The molecular formula is C15H23N3. The standard InChI is InChI=1S/C15H23N3/c1-2-5-13(4-1)18-9-3-7-15(11-18)8-6-12-10-16-17-14(12)15/h10,13H,1-9,11H2,(H,16,17). The Morgan fingerprint density at radius 1 is 1.22 bits per heavy atom. The van der Waals surface area contributed by atoms with Crippen LogP contribution in [0.5, 0.6) is 0 Å². The van der Waals surface area contributed by atoms with Gasteiger partial charge in [-0.3, -0.25) is 10.00 Å². The van der Waals surface area contributed by atoms with Crippen molar-refractivity contribution in [3.8, 4) is 0 Å². The van der Waals surface area contributed by atoms with E-state index >= 15 is 0 Å². The van der Waals surface area contributed by atoms with Gasteiger partial charge in [-0.1, -0.05) is 12.8 Å². The maximum absolute atomic E-state index is 4.27. The van der Waals surface area contributed by atoms with E-state index in [-0.39, 0.29) is 0 Å². The summed E-state index contributed by atoms with van der Waals surface area (Å²) >= 11 is 0. The highest BCUT2D eigenvalue weighted by Gasteiger charge is 2.44. The molecule has 4 rings (SSSR count). The molecule has 1 atom stereocenters. The van der Waals surface area contributed by atoms with Gasteiger partial charge in [0.25, 0.3) is 0 Å². The van der Waals surface area contributed by atoms with Crippen LogP contribution >= 0.6 is 0 Å². The molecule has 2 heterocycles. The number of H-pyrrole nitrogens is 1. The number of aromatic nitrogens is 2. The summed E-state index contributed by atoms with van der Waals surface area (Å²) in [6, 6.07) is 0.883. The van der Waals surface area contributed by atoms with Crippen LogP contribution in [0.15, 0.2) is 6.20 Å². The molecule has 1 aliphatic heterocycles. The molecule has 1 aromatic heterocycles. The van der Waals surface area contributed by atoms with E-state index in [2.05, 4.69) is 21.3 Å². The van der Waals surface area contributed by atoms with Crippen LogP contribution < -0.4 is 0 Å². The van der Waals surface area contributed by atoms with Crippen molar-refractivity contribution in [1.29, 1.82) is 0 Å². The molecule has 2 fully saturated rings. The fourth-order valence-electron chi connectivity index (χ4n) is 4.62. The molecular weight excluding hydrogens is 222 g/mol. The molecule has 3 nitrogen and oxygen atoms in total.